The summed E-state index contributed by atoms with van der Waals surface area (Å²) in [5, 5.41) is 2.60. The summed E-state index contributed by atoms with van der Waals surface area (Å²) < 4.78 is 5.54. The minimum absolute atomic E-state index is 0. The molecule has 21 heavy (non-hydrogen) atoms. The number of rotatable bonds is 5. The molecule has 0 aromatic carbocycles. The van der Waals surface area contributed by atoms with Gasteiger partial charge < -0.3 is 9.32 Å². The summed E-state index contributed by atoms with van der Waals surface area (Å²) in [5.41, 5.74) is 0.693. The number of hydrogen-bond acceptors (Lipinski definition) is 5. The Hall–Kier alpha value is -2.08. The summed E-state index contributed by atoms with van der Waals surface area (Å²) >= 11 is 0. The Balaban J connectivity index is 0.00000220. The fourth-order valence-electron chi connectivity index (χ4n) is 1.92. The molecule has 0 unspecified atom stereocenters. The van der Waals surface area contributed by atoms with Crippen LogP contribution in [0.15, 0.2) is 28.9 Å². The Morgan fingerprint density at radius 3 is 2.62 bits per heavy atom. The highest BCUT2D eigenvalue weighted by Crippen LogP contribution is 2.25. The third-order valence-electron chi connectivity index (χ3n) is 2.90. The molecule has 2 rings (SSSR count). The molecule has 0 fully saturated rings. The predicted octanol–water partition coefficient (Wildman–Crippen LogP) is 2.96. The minimum atomic E-state index is -0.169. The molecule has 7 heteroatoms. The van der Waals surface area contributed by atoms with Crippen molar-refractivity contribution in [3.8, 4) is 11.5 Å². The van der Waals surface area contributed by atoms with Gasteiger partial charge in [0.2, 0.25) is 5.91 Å². The lowest BCUT2D eigenvalue weighted by Gasteiger charge is -2.19. The minimum Gasteiger partial charge on any atom is -0.439 e. The van der Waals surface area contributed by atoms with Crippen LogP contribution < -0.4 is 10.2 Å². The first kappa shape index (κ1) is 17.0. The Kier molecular flexibility index (Phi) is 6.17. The molecule has 6 nitrogen and oxygen atoms in total. The molecule has 0 atom stereocenters. The standard InChI is InChI=1S/C14H18N4O2.ClH/c1-4-18(5-2)13-8-11(15-9-16-13)12-6-7-14(20-12)17-10(3)19;/h6-9H,4-5H2,1-3H3,(H,17,19);1H. The van der Waals surface area contributed by atoms with E-state index in [0.717, 1.165) is 18.9 Å². The van der Waals surface area contributed by atoms with E-state index in [4.69, 9.17) is 4.42 Å². The molecule has 0 spiro atoms. The van der Waals surface area contributed by atoms with E-state index in [1.807, 2.05) is 6.07 Å². The first-order valence-electron chi connectivity index (χ1n) is 6.58. The molecule has 0 saturated heterocycles. The molecule has 2 aromatic rings. The van der Waals surface area contributed by atoms with E-state index >= 15 is 0 Å². The number of nitrogens with zero attached hydrogens (tertiary/aromatic N) is 3. The summed E-state index contributed by atoms with van der Waals surface area (Å²) in [6.07, 6.45) is 1.52. The largest absolute Gasteiger partial charge is 0.439 e. The van der Waals surface area contributed by atoms with Crippen LogP contribution in [0.1, 0.15) is 20.8 Å². The zero-order valence-corrected chi connectivity index (χ0v) is 13.1. The normalized spacial score (nSPS) is 9.86. The van der Waals surface area contributed by atoms with Gasteiger partial charge in [0.15, 0.2) is 11.6 Å². The zero-order valence-electron chi connectivity index (χ0n) is 12.3. The lowest BCUT2D eigenvalue weighted by atomic mass is 10.3. The number of hydrogen-bond donors (Lipinski definition) is 1. The van der Waals surface area contributed by atoms with Gasteiger partial charge in [0, 0.05) is 32.1 Å². The van der Waals surface area contributed by atoms with Gasteiger partial charge in [-0.15, -0.1) is 12.4 Å². The smallest absolute Gasteiger partial charge is 0.223 e. The topological polar surface area (TPSA) is 71.3 Å². The van der Waals surface area contributed by atoms with Gasteiger partial charge in [-0.25, -0.2) is 9.97 Å². The second kappa shape index (κ2) is 7.64. The molecular weight excluding hydrogens is 292 g/mol. The summed E-state index contributed by atoms with van der Waals surface area (Å²) in [6, 6.07) is 5.36. The maximum Gasteiger partial charge on any atom is 0.223 e. The average Bonchev–Trinajstić information content (AvgIpc) is 2.88. The van der Waals surface area contributed by atoms with Crippen molar-refractivity contribution in [2.24, 2.45) is 0 Å². The first-order chi connectivity index (χ1) is 9.63. The number of amides is 1. The van der Waals surface area contributed by atoms with Crippen molar-refractivity contribution >= 4 is 30.0 Å². The molecule has 0 bridgehead atoms. The molecule has 0 aliphatic heterocycles. The molecule has 0 saturated carbocycles. The van der Waals surface area contributed by atoms with Crippen LogP contribution >= 0.6 is 12.4 Å². The van der Waals surface area contributed by atoms with Crippen LogP contribution in [-0.2, 0) is 4.79 Å². The molecular formula is C14H19ClN4O2. The Bertz CT molecular complexity index is 596. The third-order valence-corrected chi connectivity index (χ3v) is 2.90. The quantitative estimate of drug-likeness (QED) is 0.919. The van der Waals surface area contributed by atoms with Crippen molar-refractivity contribution in [1.82, 2.24) is 9.97 Å². The van der Waals surface area contributed by atoms with E-state index in [1.165, 1.54) is 13.3 Å². The van der Waals surface area contributed by atoms with Crippen molar-refractivity contribution in [2.75, 3.05) is 23.3 Å². The van der Waals surface area contributed by atoms with Crippen molar-refractivity contribution in [3.63, 3.8) is 0 Å². The molecule has 0 aliphatic carbocycles. The number of aromatic nitrogens is 2. The van der Waals surface area contributed by atoms with Crippen LogP contribution in [0.3, 0.4) is 0 Å². The fourth-order valence-corrected chi connectivity index (χ4v) is 1.92. The molecule has 114 valence electrons. The molecule has 1 N–H and O–H groups in total. The summed E-state index contributed by atoms with van der Waals surface area (Å²) in [6.45, 7) is 7.34. The second-order valence-electron chi connectivity index (χ2n) is 4.28. The number of carbonyl (C=O) groups excluding carboxylic acids is 1. The number of halogens is 1. The van der Waals surface area contributed by atoms with Crippen LogP contribution in [0.5, 0.6) is 0 Å². The highest BCUT2D eigenvalue weighted by Gasteiger charge is 2.10. The molecule has 1 amide bonds. The maximum atomic E-state index is 11.0. The van der Waals surface area contributed by atoms with Crippen LogP contribution in [0.4, 0.5) is 11.7 Å². The second-order valence-corrected chi connectivity index (χ2v) is 4.28. The van der Waals surface area contributed by atoms with Gasteiger partial charge in [0.1, 0.15) is 17.8 Å². The van der Waals surface area contributed by atoms with Gasteiger partial charge in [-0.1, -0.05) is 0 Å². The Morgan fingerprint density at radius 2 is 2.00 bits per heavy atom. The number of furan rings is 1. The van der Waals surface area contributed by atoms with Gasteiger partial charge in [-0.3, -0.25) is 10.1 Å². The van der Waals surface area contributed by atoms with E-state index in [-0.39, 0.29) is 18.3 Å². The lowest BCUT2D eigenvalue weighted by Crippen LogP contribution is -2.22. The molecule has 2 heterocycles. The van der Waals surface area contributed by atoms with Crippen molar-refractivity contribution in [1.29, 1.82) is 0 Å². The van der Waals surface area contributed by atoms with Crippen molar-refractivity contribution in [2.45, 2.75) is 20.8 Å². The van der Waals surface area contributed by atoms with E-state index in [2.05, 4.69) is 34.0 Å². The summed E-state index contributed by atoms with van der Waals surface area (Å²) in [7, 11) is 0. The van der Waals surface area contributed by atoms with Crippen molar-refractivity contribution in [3.05, 3.63) is 24.5 Å². The van der Waals surface area contributed by atoms with E-state index in [0.29, 0.717) is 17.3 Å². The Morgan fingerprint density at radius 1 is 1.29 bits per heavy atom. The van der Waals surface area contributed by atoms with Gasteiger partial charge in [0.05, 0.1) is 0 Å². The fraction of sp³-hybridized carbons (Fsp3) is 0.357. The van der Waals surface area contributed by atoms with Gasteiger partial charge in [0.25, 0.3) is 0 Å². The third kappa shape index (κ3) is 4.19. The van der Waals surface area contributed by atoms with Crippen LogP contribution in [0.25, 0.3) is 11.5 Å². The van der Waals surface area contributed by atoms with Gasteiger partial charge in [-0.05, 0) is 19.9 Å². The van der Waals surface area contributed by atoms with Crippen LogP contribution in [0.2, 0.25) is 0 Å². The first-order valence-corrected chi connectivity index (χ1v) is 6.58. The van der Waals surface area contributed by atoms with Crippen LogP contribution in [0, 0.1) is 0 Å². The zero-order chi connectivity index (χ0) is 14.5. The van der Waals surface area contributed by atoms with Gasteiger partial charge in [-0.2, -0.15) is 0 Å². The molecule has 2 aromatic heterocycles. The molecule has 0 aliphatic rings. The number of anilines is 2. The maximum absolute atomic E-state index is 11.0. The average molecular weight is 311 g/mol. The van der Waals surface area contributed by atoms with E-state index in [9.17, 15) is 4.79 Å². The lowest BCUT2D eigenvalue weighted by molar-refractivity contribution is -0.114. The Labute approximate surface area is 130 Å². The summed E-state index contributed by atoms with van der Waals surface area (Å²) in [5.74, 6) is 1.70. The molecule has 0 radical (unpaired) electrons. The highest BCUT2D eigenvalue weighted by molar-refractivity contribution is 5.87. The highest BCUT2D eigenvalue weighted by atomic mass is 35.5. The number of nitrogens with one attached hydrogen (secondary N) is 1. The predicted molar refractivity (Wildman–Crippen MR) is 84.8 cm³/mol. The van der Waals surface area contributed by atoms with E-state index in [1.54, 1.807) is 12.1 Å². The van der Waals surface area contributed by atoms with Crippen molar-refractivity contribution < 1.29 is 9.21 Å². The van der Waals surface area contributed by atoms with Crippen LogP contribution in [-0.4, -0.2) is 29.0 Å². The number of carbonyl (C=O) groups is 1. The summed E-state index contributed by atoms with van der Waals surface area (Å²) in [4.78, 5) is 21.6. The SMILES string of the molecule is CCN(CC)c1cc(-c2ccc(NC(C)=O)o2)ncn1.Cl. The van der Waals surface area contributed by atoms with Gasteiger partial charge >= 0.3 is 0 Å². The monoisotopic (exact) mass is 310 g/mol. The van der Waals surface area contributed by atoms with E-state index < -0.39 is 0 Å².